The number of aromatic amines is 1. The summed E-state index contributed by atoms with van der Waals surface area (Å²) in [6.07, 6.45) is 1.91. The average Bonchev–Trinajstić information content (AvgIpc) is 3.11. The van der Waals surface area contributed by atoms with E-state index in [2.05, 4.69) is 50.2 Å². The first-order chi connectivity index (χ1) is 16.4. The van der Waals surface area contributed by atoms with Crippen LogP contribution in [0.5, 0.6) is 0 Å². The second-order valence-electron chi connectivity index (χ2n) is 8.79. The quantitative estimate of drug-likeness (QED) is 0.497. The second kappa shape index (κ2) is 11.1. The van der Waals surface area contributed by atoms with Crippen LogP contribution in [0.1, 0.15) is 35.7 Å². The fourth-order valence-corrected chi connectivity index (χ4v) is 5.09. The van der Waals surface area contributed by atoms with Crippen molar-refractivity contribution in [1.82, 2.24) is 19.6 Å². The van der Waals surface area contributed by atoms with Crippen LogP contribution in [0.15, 0.2) is 69.9 Å². The maximum atomic E-state index is 12.6. The number of piperidine rings is 1. The summed E-state index contributed by atoms with van der Waals surface area (Å²) in [7, 11) is 3.65. The molecular weight excluding hydrogens is 496 g/mol. The highest BCUT2D eigenvalue weighted by molar-refractivity contribution is 9.10. The Bertz CT molecular complexity index is 1140. The molecule has 4 rings (SSSR count). The highest BCUT2D eigenvalue weighted by Gasteiger charge is 2.32. The number of likely N-dealkylation sites (tertiary alicyclic amines) is 1. The van der Waals surface area contributed by atoms with Crippen molar-refractivity contribution in [3.63, 3.8) is 0 Å². The molecule has 2 aromatic carbocycles. The third kappa shape index (κ3) is 5.62. The number of benzene rings is 2. The molecule has 34 heavy (non-hydrogen) atoms. The van der Waals surface area contributed by atoms with Gasteiger partial charge in [-0.3, -0.25) is 19.5 Å². The molecular formula is C26H31BrN4O3. The Morgan fingerprint density at radius 1 is 1.12 bits per heavy atom. The largest absolute Gasteiger partial charge is 0.446 e. The van der Waals surface area contributed by atoms with Gasteiger partial charge in [0.05, 0.1) is 11.7 Å². The summed E-state index contributed by atoms with van der Waals surface area (Å²) in [6.45, 7) is 2.14. The summed E-state index contributed by atoms with van der Waals surface area (Å²) < 4.78 is 8.17. The predicted octanol–water partition coefficient (Wildman–Crippen LogP) is 4.34. The minimum absolute atomic E-state index is 0.0790. The number of likely N-dealkylation sites (N-methyl/N-ethyl adjacent to an activating group) is 1. The number of nitrogens with one attached hydrogen (secondary N) is 1. The van der Waals surface area contributed by atoms with Gasteiger partial charge < -0.3 is 9.64 Å². The van der Waals surface area contributed by atoms with Gasteiger partial charge in [-0.2, -0.15) is 0 Å². The van der Waals surface area contributed by atoms with Crippen LogP contribution < -0.4 is 5.56 Å². The van der Waals surface area contributed by atoms with Crippen molar-refractivity contribution in [1.29, 1.82) is 0 Å². The fourth-order valence-electron chi connectivity index (χ4n) is 4.52. The molecule has 180 valence electrons. The van der Waals surface area contributed by atoms with E-state index in [1.54, 1.807) is 16.6 Å². The van der Waals surface area contributed by atoms with E-state index in [1.807, 2.05) is 43.4 Å². The Kier molecular flexibility index (Phi) is 7.90. The normalized spacial score (nSPS) is 15.7. The molecule has 8 heteroatoms. The lowest BCUT2D eigenvalue weighted by molar-refractivity contribution is 0.0257. The molecule has 0 saturated carbocycles. The van der Waals surface area contributed by atoms with E-state index in [9.17, 15) is 9.59 Å². The van der Waals surface area contributed by atoms with Crippen LogP contribution in [0.3, 0.4) is 0 Å². The number of aryl methyl sites for hydroxylation is 1. The maximum absolute atomic E-state index is 12.6. The summed E-state index contributed by atoms with van der Waals surface area (Å²) in [5.74, 6) is 0. The van der Waals surface area contributed by atoms with Gasteiger partial charge in [0.25, 0.3) is 5.56 Å². The molecule has 7 nitrogen and oxygen atoms in total. The molecule has 1 fully saturated rings. The maximum Gasteiger partial charge on any atom is 0.409 e. The van der Waals surface area contributed by atoms with Gasteiger partial charge in [0.15, 0.2) is 0 Å². The van der Waals surface area contributed by atoms with Gasteiger partial charge in [-0.05, 0) is 46.3 Å². The first-order valence-corrected chi connectivity index (χ1v) is 12.4. The summed E-state index contributed by atoms with van der Waals surface area (Å²) >= 11 is 3.49. The van der Waals surface area contributed by atoms with E-state index < -0.39 is 0 Å². The Hall–Kier alpha value is -2.84. The van der Waals surface area contributed by atoms with Crippen LogP contribution in [0.2, 0.25) is 0 Å². The van der Waals surface area contributed by atoms with Crippen LogP contribution in [-0.4, -0.2) is 58.5 Å². The number of carbonyl (C=O) groups excluding carboxylic acids is 1. The van der Waals surface area contributed by atoms with E-state index in [0.29, 0.717) is 11.0 Å². The molecule has 0 bridgehead atoms. The van der Waals surface area contributed by atoms with E-state index in [0.717, 1.165) is 43.6 Å². The van der Waals surface area contributed by atoms with Gasteiger partial charge in [-0.1, -0.05) is 60.7 Å². The highest BCUT2D eigenvalue weighted by atomic mass is 79.9. The molecule has 0 spiro atoms. The molecule has 1 atom stereocenters. The van der Waals surface area contributed by atoms with Crippen molar-refractivity contribution >= 4 is 22.0 Å². The van der Waals surface area contributed by atoms with Gasteiger partial charge in [-0.25, -0.2) is 4.79 Å². The SMILES string of the molecule is CN(CCc1ccccc1)C(=O)OC1CCN(C(c2ccccc2)c2c(Br)c(=O)[nH]n2C)CC1. The molecule has 0 aliphatic carbocycles. The zero-order valence-electron chi connectivity index (χ0n) is 19.6. The standard InChI is InChI=1S/C26H31BrN4O3/c1-29(16-13-19-9-5-3-6-10-19)26(33)34-21-14-17-31(18-15-21)23(20-11-7-4-8-12-20)24-22(27)25(32)28-30(24)2/h3-12,21,23H,13-18H2,1-2H3,(H,28,32). The van der Waals surface area contributed by atoms with Crippen LogP contribution in [0, 0.1) is 0 Å². The van der Waals surface area contributed by atoms with E-state index in [4.69, 9.17) is 4.74 Å². The number of rotatable bonds is 7. The van der Waals surface area contributed by atoms with E-state index >= 15 is 0 Å². The van der Waals surface area contributed by atoms with Crippen LogP contribution in [0.25, 0.3) is 0 Å². The lowest BCUT2D eigenvalue weighted by Gasteiger charge is -2.38. The number of hydrogen-bond donors (Lipinski definition) is 1. The van der Waals surface area contributed by atoms with Crippen molar-refractivity contribution in [2.24, 2.45) is 7.05 Å². The Labute approximate surface area is 208 Å². The summed E-state index contributed by atoms with van der Waals surface area (Å²) in [5.41, 5.74) is 3.08. The van der Waals surface area contributed by atoms with Gasteiger partial charge >= 0.3 is 6.09 Å². The van der Waals surface area contributed by atoms with Crippen molar-refractivity contribution in [3.05, 3.63) is 92.3 Å². The fraction of sp³-hybridized carbons (Fsp3) is 0.385. The third-order valence-electron chi connectivity index (χ3n) is 6.43. The monoisotopic (exact) mass is 526 g/mol. The summed E-state index contributed by atoms with van der Waals surface area (Å²) in [4.78, 5) is 28.9. The number of hydrogen-bond acceptors (Lipinski definition) is 4. The number of H-pyrrole nitrogens is 1. The topological polar surface area (TPSA) is 70.6 Å². The molecule has 1 aromatic heterocycles. The lowest BCUT2D eigenvalue weighted by atomic mass is 9.98. The molecule has 1 aliphatic heterocycles. The minimum Gasteiger partial charge on any atom is -0.446 e. The molecule has 1 amide bonds. The van der Waals surface area contributed by atoms with Crippen molar-refractivity contribution in [2.75, 3.05) is 26.7 Å². The Morgan fingerprint density at radius 3 is 2.32 bits per heavy atom. The smallest absolute Gasteiger partial charge is 0.409 e. The number of carbonyl (C=O) groups is 1. The molecule has 2 heterocycles. The van der Waals surface area contributed by atoms with Crippen LogP contribution in [0.4, 0.5) is 4.79 Å². The average molecular weight is 527 g/mol. The Balaban J connectivity index is 1.38. The van der Waals surface area contributed by atoms with Gasteiger partial charge in [0.2, 0.25) is 0 Å². The number of aromatic nitrogens is 2. The van der Waals surface area contributed by atoms with Gasteiger partial charge in [0, 0.05) is 33.7 Å². The third-order valence-corrected chi connectivity index (χ3v) is 7.20. The van der Waals surface area contributed by atoms with Gasteiger partial charge in [0.1, 0.15) is 10.6 Å². The van der Waals surface area contributed by atoms with Crippen molar-refractivity contribution in [3.8, 4) is 0 Å². The second-order valence-corrected chi connectivity index (χ2v) is 9.58. The molecule has 1 unspecified atom stereocenters. The molecule has 0 radical (unpaired) electrons. The van der Waals surface area contributed by atoms with Crippen molar-refractivity contribution in [2.45, 2.75) is 31.4 Å². The first kappa shape index (κ1) is 24.3. The Morgan fingerprint density at radius 2 is 1.74 bits per heavy atom. The lowest BCUT2D eigenvalue weighted by Crippen LogP contribution is -2.42. The van der Waals surface area contributed by atoms with E-state index in [-0.39, 0.29) is 23.8 Å². The van der Waals surface area contributed by atoms with Crippen LogP contribution in [-0.2, 0) is 18.2 Å². The predicted molar refractivity (Wildman–Crippen MR) is 136 cm³/mol. The zero-order chi connectivity index (χ0) is 24.1. The summed E-state index contributed by atoms with van der Waals surface area (Å²) in [5, 5.41) is 2.85. The molecule has 1 saturated heterocycles. The molecule has 1 aliphatic rings. The van der Waals surface area contributed by atoms with Crippen LogP contribution >= 0.6 is 15.9 Å². The summed E-state index contributed by atoms with van der Waals surface area (Å²) in [6, 6.07) is 20.3. The number of ether oxygens (including phenoxy) is 1. The number of nitrogens with zero attached hydrogens (tertiary/aromatic N) is 3. The minimum atomic E-state index is -0.273. The number of amides is 1. The number of halogens is 1. The molecule has 1 N–H and O–H groups in total. The molecule has 3 aromatic rings. The van der Waals surface area contributed by atoms with Crippen molar-refractivity contribution < 1.29 is 9.53 Å². The highest BCUT2D eigenvalue weighted by Crippen LogP contribution is 2.34. The van der Waals surface area contributed by atoms with Gasteiger partial charge in [-0.15, -0.1) is 0 Å². The zero-order valence-corrected chi connectivity index (χ0v) is 21.2. The van der Waals surface area contributed by atoms with E-state index in [1.165, 1.54) is 5.56 Å². The first-order valence-electron chi connectivity index (χ1n) is 11.6.